The molecule has 0 aliphatic heterocycles. The predicted octanol–water partition coefficient (Wildman–Crippen LogP) is 4.25. The van der Waals surface area contributed by atoms with Crippen molar-refractivity contribution in [1.29, 1.82) is 0 Å². The van der Waals surface area contributed by atoms with E-state index in [0.29, 0.717) is 11.8 Å². The Balaban J connectivity index is 2.18. The first kappa shape index (κ1) is 13.4. The fraction of sp³-hybridized carbons (Fsp3) is 0.312. The second-order valence-corrected chi connectivity index (χ2v) is 5.00. The molecule has 1 heterocycles. The molecule has 0 aliphatic carbocycles. The molecule has 0 atom stereocenters. The van der Waals surface area contributed by atoms with E-state index < -0.39 is 0 Å². The molecule has 3 heteroatoms. The van der Waals surface area contributed by atoms with E-state index in [1.54, 1.807) is 6.20 Å². The van der Waals surface area contributed by atoms with Gasteiger partial charge in [0, 0.05) is 12.7 Å². The second kappa shape index (κ2) is 6.23. The Morgan fingerprint density at radius 2 is 1.95 bits per heavy atom. The van der Waals surface area contributed by atoms with E-state index in [-0.39, 0.29) is 0 Å². The standard InChI is InChI=1S/C16H20N2O/c1-12(2)11-18-14-8-6-10-17-16(14)19-15-9-5-4-7-13(15)3/h4-10,12,18H,11H2,1-3H3. The molecule has 19 heavy (non-hydrogen) atoms. The van der Waals surface area contributed by atoms with Gasteiger partial charge < -0.3 is 10.1 Å². The van der Waals surface area contributed by atoms with E-state index in [1.165, 1.54) is 0 Å². The Morgan fingerprint density at radius 3 is 2.68 bits per heavy atom. The van der Waals surface area contributed by atoms with Crippen LogP contribution in [0.1, 0.15) is 19.4 Å². The van der Waals surface area contributed by atoms with Gasteiger partial charge in [0.15, 0.2) is 0 Å². The van der Waals surface area contributed by atoms with Crippen LogP contribution in [0.3, 0.4) is 0 Å². The smallest absolute Gasteiger partial charge is 0.242 e. The summed E-state index contributed by atoms with van der Waals surface area (Å²) in [5.41, 5.74) is 2.03. The normalized spacial score (nSPS) is 10.5. The van der Waals surface area contributed by atoms with Crippen molar-refractivity contribution in [2.24, 2.45) is 5.92 Å². The summed E-state index contributed by atoms with van der Waals surface area (Å²) < 4.78 is 5.90. The summed E-state index contributed by atoms with van der Waals surface area (Å²) in [6.07, 6.45) is 1.74. The maximum absolute atomic E-state index is 5.90. The quantitative estimate of drug-likeness (QED) is 0.868. The fourth-order valence-electron chi connectivity index (χ4n) is 1.70. The molecular formula is C16H20N2O. The van der Waals surface area contributed by atoms with Crippen molar-refractivity contribution < 1.29 is 4.74 Å². The van der Waals surface area contributed by atoms with E-state index in [0.717, 1.165) is 23.5 Å². The SMILES string of the molecule is Cc1ccccc1Oc1ncccc1NCC(C)C. The molecule has 1 aromatic heterocycles. The molecule has 3 nitrogen and oxygen atoms in total. The number of benzene rings is 1. The van der Waals surface area contributed by atoms with Crippen LogP contribution in [0.5, 0.6) is 11.6 Å². The van der Waals surface area contributed by atoms with Crippen molar-refractivity contribution in [3.05, 3.63) is 48.2 Å². The molecular weight excluding hydrogens is 236 g/mol. The number of nitrogens with zero attached hydrogens (tertiary/aromatic N) is 1. The number of anilines is 1. The number of aryl methyl sites for hydroxylation is 1. The first-order valence-electron chi connectivity index (χ1n) is 6.59. The Bertz CT molecular complexity index is 538. The van der Waals surface area contributed by atoms with Crippen molar-refractivity contribution >= 4 is 5.69 Å². The minimum atomic E-state index is 0.575. The number of rotatable bonds is 5. The van der Waals surface area contributed by atoms with Crippen LogP contribution in [-0.4, -0.2) is 11.5 Å². The molecule has 1 aromatic carbocycles. The predicted molar refractivity (Wildman–Crippen MR) is 78.8 cm³/mol. The number of ether oxygens (including phenoxy) is 1. The highest BCUT2D eigenvalue weighted by Gasteiger charge is 2.07. The molecule has 2 rings (SSSR count). The Morgan fingerprint density at radius 1 is 1.16 bits per heavy atom. The maximum Gasteiger partial charge on any atom is 0.242 e. The summed E-state index contributed by atoms with van der Waals surface area (Å²) in [4.78, 5) is 4.31. The lowest BCUT2D eigenvalue weighted by atomic mass is 10.2. The summed E-state index contributed by atoms with van der Waals surface area (Å²) in [6.45, 7) is 7.27. The number of para-hydroxylation sites is 1. The lowest BCUT2D eigenvalue weighted by Gasteiger charge is -2.14. The van der Waals surface area contributed by atoms with Crippen LogP contribution in [0.4, 0.5) is 5.69 Å². The summed E-state index contributed by atoms with van der Waals surface area (Å²) in [5, 5.41) is 3.36. The van der Waals surface area contributed by atoms with Gasteiger partial charge in [-0.25, -0.2) is 4.98 Å². The molecule has 0 fully saturated rings. The van der Waals surface area contributed by atoms with Crippen molar-refractivity contribution in [3.8, 4) is 11.6 Å². The van der Waals surface area contributed by atoms with Crippen LogP contribution in [0, 0.1) is 12.8 Å². The van der Waals surface area contributed by atoms with Crippen LogP contribution in [0.2, 0.25) is 0 Å². The van der Waals surface area contributed by atoms with Gasteiger partial charge in [0.05, 0.1) is 5.69 Å². The average Bonchev–Trinajstić information content (AvgIpc) is 2.40. The van der Waals surface area contributed by atoms with Crippen LogP contribution >= 0.6 is 0 Å². The van der Waals surface area contributed by atoms with Gasteiger partial charge >= 0.3 is 0 Å². The van der Waals surface area contributed by atoms with Gasteiger partial charge in [-0.05, 0) is 36.6 Å². The number of nitrogens with one attached hydrogen (secondary N) is 1. The lowest BCUT2D eigenvalue weighted by Crippen LogP contribution is -2.09. The van der Waals surface area contributed by atoms with E-state index in [9.17, 15) is 0 Å². The minimum absolute atomic E-state index is 0.575. The third-order valence-electron chi connectivity index (χ3n) is 2.77. The number of aromatic nitrogens is 1. The first-order chi connectivity index (χ1) is 9.16. The van der Waals surface area contributed by atoms with E-state index >= 15 is 0 Å². The molecule has 0 saturated heterocycles. The van der Waals surface area contributed by atoms with E-state index in [1.807, 2.05) is 43.3 Å². The molecule has 1 N–H and O–H groups in total. The van der Waals surface area contributed by atoms with Crippen molar-refractivity contribution in [2.45, 2.75) is 20.8 Å². The summed E-state index contributed by atoms with van der Waals surface area (Å²) >= 11 is 0. The molecule has 0 radical (unpaired) electrons. The van der Waals surface area contributed by atoms with Gasteiger partial charge in [0.2, 0.25) is 5.88 Å². The van der Waals surface area contributed by atoms with Gasteiger partial charge in [-0.1, -0.05) is 32.0 Å². The number of hydrogen-bond donors (Lipinski definition) is 1. The van der Waals surface area contributed by atoms with Gasteiger partial charge in [-0.15, -0.1) is 0 Å². The zero-order valence-electron chi connectivity index (χ0n) is 11.7. The largest absolute Gasteiger partial charge is 0.437 e. The minimum Gasteiger partial charge on any atom is -0.437 e. The first-order valence-corrected chi connectivity index (χ1v) is 6.59. The number of pyridine rings is 1. The highest BCUT2D eigenvalue weighted by molar-refractivity contribution is 5.53. The summed E-state index contributed by atoms with van der Waals surface area (Å²) in [5.74, 6) is 2.04. The molecule has 0 spiro atoms. The molecule has 2 aromatic rings. The molecule has 0 unspecified atom stereocenters. The van der Waals surface area contributed by atoms with Crippen LogP contribution in [-0.2, 0) is 0 Å². The zero-order chi connectivity index (χ0) is 13.7. The summed E-state index contributed by atoms with van der Waals surface area (Å²) in [7, 11) is 0. The maximum atomic E-state index is 5.90. The van der Waals surface area contributed by atoms with Crippen LogP contribution in [0.25, 0.3) is 0 Å². The topological polar surface area (TPSA) is 34.1 Å². The van der Waals surface area contributed by atoms with Crippen molar-refractivity contribution in [1.82, 2.24) is 4.98 Å². The zero-order valence-corrected chi connectivity index (χ0v) is 11.7. The molecule has 0 amide bonds. The van der Waals surface area contributed by atoms with E-state index in [4.69, 9.17) is 4.74 Å². The highest BCUT2D eigenvalue weighted by Crippen LogP contribution is 2.28. The Hall–Kier alpha value is -2.03. The highest BCUT2D eigenvalue weighted by atomic mass is 16.5. The van der Waals surface area contributed by atoms with Gasteiger partial charge in [0.1, 0.15) is 5.75 Å². The number of hydrogen-bond acceptors (Lipinski definition) is 3. The monoisotopic (exact) mass is 256 g/mol. The average molecular weight is 256 g/mol. The van der Waals surface area contributed by atoms with Crippen LogP contribution in [0.15, 0.2) is 42.6 Å². The molecule has 0 bridgehead atoms. The second-order valence-electron chi connectivity index (χ2n) is 5.00. The van der Waals surface area contributed by atoms with Crippen molar-refractivity contribution in [3.63, 3.8) is 0 Å². The fourth-order valence-corrected chi connectivity index (χ4v) is 1.70. The third kappa shape index (κ3) is 3.71. The third-order valence-corrected chi connectivity index (χ3v) is 2.77. The lowest BCUT2D eigenvalue weighted by molar-refractivity contribution is 0.461. The molecule has 100 valence electrons. The van der Waals surface area contributed by atoms with Gasteiger partial charge in [-0.3, -0.25) is 0 Å². The van der Waals surface area contributed by atoms with Gasteiger partial charge in [0.25, 0.3) is 0 Å². The van der Waals surface area contributed by atoms with Crippen molar-refractivity contribution in [2.75, 3.05) is 11.9 Å². The Labute approximate surface area is 114 Å². The van der Waals surface area contributed by atoms with E-state index in [2.05, 4.69) is 24.1 Å². The Kier molecular flexibility index (Phi) is 4.39. The van der Waals surface area contributed by atoms with Crippen LogP contribution < -0.4 is 10.1 Å². The molecule has 0 saturated carbocycles. The summed E-state index contributed by atoms with van der Waals surface area (Å²) in [6, 6.07) is 11.8. The molecule has 0 aliphatic rings. The van der Waals surface area contributed by atoms with Gasteiger partial charge in [-0.2, -0.15) is 0 Å².